The first-order valence-electron chi connectivity index (χ1n) is 7.09. The largest absolute Gasteiger partial charge is 0.390 e. The maximum atomic E-state index is 12.3. The molecule has 1 saturated carbocycles. The predicted molar refractivity (Wildman–Crippen MR) is 77.7 cm³/mol. The van der Waals surface area contributed by atoms with Gasteiger partial charge in [0.25, 0.3) is 0 Å². The Morgan fingerprint density at radius 2 is 2.15 bits per heavy atom. The fourth-order valence-corrected chi connectivity index (χ4v) is 3.62. The maximum Gasteiger partial charge on any atom is 0.242 e. The molecule has 1 heterocycles. The standard InChI is InChI=1S/C14H24N2O3S/c1-4-5-16-9-13(6-12(16)10-17)20(18,19)15-8-11-7-14(11,2)3/h6,9,11,15,17H,4-5,7-8,10H2,1-3H3. The molecule has 0 saturated heterocycles. The number of sulfonamides is 1. The van der Waals surface area contributed by atoms with Gasteiger partial charge in [0, 0.05) is 25.0 Å². The summed E-state index contributed by atoms with van der Waals surface area (Å²) in [5, 5.41) is 9.28. The molecule has 1 atom stereocenters. The van der Waals surface area contributed by atoms with Crippen LogP contribution in [0.4, 0.5) is 0 Å². The zero-order valence-corrected chi connectivity index (χ0v) is 13.2. The van der Waals surface area contributed by atoms with Crippen LogP contribution in [-0.4, -0.2) is 24.6 Å². The van der Waals surface area contributed by atoms with Gasteiger partial charge in [-0.1, -0.05) is 20.8 Å². The minimum absolute atomic E-state index is 0.148. The van der Waals surface area contributed by atoms with E-state index in [1.807, 2.05) is 6.92 Å². The zero-order valence-electron chi connectivity index (χ0n) is 12.4. The summed E-state index contributed by atoms with van der Waals surface area (Å²) >= 11 is 0. The summed E-state index contributed by atoms with van der Waals surface area (Å²) in [7, 11) is -3.48. The summed E-state index contributed by atoms with van der Waals surface area (Å²) in [5.41, 5.74) is 0.895. The van der Waals surface area contributed by atoms with Crippen LogP contribution in [0.1, 0.15) is 39.3 Å². The second-order valence-corrected chi connectivity index (χ2v) is 8.03. The van der Waals surface area contributed by atoms with Crippen LogP contribution in [-0.2, 0) is 23.2 Å². The first-order chi connectivity index (χ1) is 9.30. The van der Waals surface area contributed by atoms with Gasteiger partial charge in [0.05, 0.1) is 11.5 Å². The van der Waals surface area contributed by atoms with Crippen LogP contribution in [0.3, 0.4) is 0 Å². The smallest absolute Gasteiger partial charge is 0.242 e. The molecule has 1 aromatic rings. The highest BCUT2D eigenvalue weighted by Gasteiger charge is 2.45. The molecular formula is C14H24N2O3S. The Bertz CT molecular complexity index is 575. The number of aromatic nitrogens is 1. The summed E-state index contributed by atoms with van der Waals surface area (Å²) in [6, 6.07) is 1.55. The summed E-state index contributed by atoms with van der Waals surface area (Å²) < 4.78 is 29.0. The van der Waals surface area contributed by atoms with Gasteiger partial charge < -0.3 is 9.67 Å². The Hall–Kier alpha value is -0.850. The van der Waals surface area contributed by atoms with Gasteiger partial charge >= 0.3 is 0 Å². The molecule has 20 heavy (non-hydrogen) atoms. The first kappa shape index (κ1) is 15.5. The third kappa shape index (κ3) is 3.24. The minimum atomic E-state index is -3.48. The number of hydrogen-bond acceptors (Lipinski definition) is 3. The Morgan fingerprint density at radius 3 is 2.65 bits per heavy atom. The monoisotopic (exact) mass is 300 g/mol. The SMILES string of the molecule is CCCn1cc(S(=O)(=O)NCC2CC2(C)C)cc1CO. The molecule has 0 radical (unpaired) electrons. The Labute approximate surface area is 121 Å². The van der Waals surface area contributed by atoms with Crippen molar-refractivity contribution in [1.29, 1.82) is 0 Å². The van der Waals surface area contributed by atoms with Crippen molar-refractivity contribution in [1.82, 2.24) is 9.29 Å². The number of hydrogen-bond donors (Lipinski definition) is 2. The van der Waals surface area contributed by atoms with Crippen molar-refractivity contribution in [3.63, 3.8) is 0 Å². The number of nitrogens with one attached hydrogen (secondary N) is 1. The average Bonchev–Trinajstić information content (AvgIpc) is 2.80. The van der Waals surface area contributed by atoms with E-state index < -0.39 is 10.0 Å². The molecule has 0 aliphatic heterocycles. The molecule has 6 heteroatoms. The number of aliphatic hydroxyl groups is 1. The van der Waals surface area contributed by atoms with Crippen LogP contribution in [0.15, 0.2) is 17.2 Å². The molecule has 2 rings (SSSR count). The van der Waals surface area contributed by atoms with E-state index in [0.29, 0.717) is 24.7 Å². The summed E-state index contributed by atoms with van der Waals surface area (Å²) in [6.45, 7) is 7.36. The van der Waals surface area contributed by atoms with Gasteiger partial charge in [-0.25, -0.2) is 13.1 Å². The molecule has 1 aromatic heterocycles. The molecule has 1 aliphatic carbocycles. The summed E-state index contributed by atoms with van der Waals surface area (Å²) in [5.74, 6) is 0.423. The fourth-order valence-electron chi connectivity index (χ4n) is 2.47. The van der Waals surface area contributed by atoms with E-state index in [0.717, 1.165) is 12.8 Å². The Morgan fingerprint density at radius 1 is 1.50 bits per heavy atom. The molecule has 1 aliphatic rings. The average molecular weight is 300 g/mol. The Kier molecular flexibility index (Phi) is 4.27. The summed E-state index contributed by atoms with van der Waals surface area (Å²) in [4.78, 5) is 0.244. The van der Waals surface area contributed by atoms with Gasteiger partial charge in [-0.15, -0.1) is 0 Å². The normalized spacial score (nSPS) is 21.1. The molecule has 0 bridgehead atoms. The third-order valence-electron chi connectivity index (χ3n) is 4.13. The lowest BCUT2D eigenvalue weighted by atomic mass is 10.1. The molecular weight excluding hydrogens is 276 g/mol. The van der Waals surface area contributed by atoms with E-state index in [4.69, 9.17) is 0 Å². The molecule has 1 unspecified atom stereocenters. The topological polar surface area (TPSA) is 71.3 Å². The van der Waals surface area contributed by atoms with Crippen molar-refractivity contribution in [2.75, 3.05) is 6.54 Å². The number of aliphatic hydroxyl groups excluding tert-OH is 1. The van der Waals surface area contributed by atoms with Gasteiger partial charge in [-0.05, 0) is 30.2 Å². The Balaban J connectivity index is 2.09. The van der Waals surface area contributed by atoms with Crippen molar-refractivity contribution in [2.45, 2.75) is 51.7 Å². The van der Waals surface area contributed by atoms with E-state index in [-0.39, 0.29) is 16.9 Å². The van der Waals surface area contributed by atoms with Crippen LogP contribution in [0.25, 0.3) is 0 Å². The molecule has 0 spiro atoms. The van der Waals surface area contributed by atoms with Crippen molar-refractivity contribution >= 4 is 10.0 Å². The predicted octanol–water partition coefficient (Wildman–Crippen LogP) is 1.71. The van der Waals surface area contributed by atoms with Crippen molar-refractivity contribution < 1.29 is 13.5 Å². The van der Waals surface area contributed by atoms with Crippen LogP contribution < -0.4 is 4.72 Å². The first-order valence-corrected chi connectivity index (χ1v) is 8.58. The highest BCUT2D eigenvalue weighted by atomic mass is 32.2. The molecule has 5 nitrogen and oxygen atoms in total. The highest BCUT2D eigenvalue weighted by Crippen LogP contribution is 2.51. The van der Waals surface area contributed by atoms with Gasteiger partial charge in [0.15, 0.2) is 0 Å². The molecule has 1 fully saturated rings. The van der Waals surface area contributed by atoms with E-state index in [1.165, 1.54) is 0 Å². The number of nitrogens with zero attached hydrogens (tertiary/aromatic N) is 1. The molecule has 114 valence electrons. The zero-order chi connectivity index (χ0) is 15.0. The lowest BCUT2D eigenvalue weighted by Gasteiger charge is -2.06. The quantitative estimate of drug-likeness (QED) is 0.805. The number of rotatable bonds is 7. The third-order valence-corrected chi connectivity index (χ3v) is 5.53. The fraction of sp³-hybridized carbons (Fsp3) is 0.714. The van der Waals surface area contributed by atoms with Gasteiger partial charge in [-0.2, -0.15) is 0 Å². The van der Waals surface area contributed by atoms with E-state index in [9.17, 15) is 13.5 Å². The molecule has 0 amide bonds. The molecule has 2 N–H and O–H groups in total. The van der Waals surface area contributed by atoms with E-state index in [1.54, 1.807) is 16.8 Å². The lowest BCUT2D eigenvalue weighted by Crippen LogP contribution is -2.26. The molecule has 0 aromatic carbocycles. The van der Waals surface area contributed by atoms with Crippen molar-refractivity contribution in [3.8, 4) is 0 Å². The van der Waals surface area contributed by atoms with E-state index in [2.05, 4.69) is 18.6 Å². The van der Waals surface area contributed by atoms with Crippen LogP contribution in [0.2, 0.25) is 0 Å². The maximum absolute atomic E-state index is 12.3. The van der Waals surface area contributed by atoms with Gasteiger partial charge in [0.2, 0.25) is 10.0 Å². The van der Waals surface area contributed by atoms with Crippen LogP contribution in [0, 0.1) is 11.3 Å². The second kappa shape index (κ2) is 5.50. The lowest BCUT2D eigenvalue weighted by molar-refractivity contribution is 0.270. The van der Waals surface area contributed by atoms with Crippen molar-refractivity contribution in [3.05, 3.63) is 18.0 Å². The van der Waals surface area contributed by atoms with Crippen LogP contribution >= 0.6 is 0 Å². The van der Waals surface area contributed by atoms with Gasteiger partial charge in [0.1, 0.15) is 0 Å². The van der Waals surface area contributed by atoms with Crippen molar-refractivity contribution in [2.24, 2.45) is 11.3 Å². The van der Waals surface area contributed by atoms with Crippen LogP contribution in [0.5, 0.6) is 0 Å². The summed E-state index contributed by atoms with van der Waals surface area (Å²) in [6.07, 6.45) is 3.56. The minimum Gasteiger partial charge on any atom is -0.390 e. The van der Waals surface area contributed by atoms with Gasteiger partial charge in [-0.3, -0.25) is 0 Å². The number of aryl methyl sites for hydroxylation is 1. The highest BCUT2D eigenvalue weighted by molar-refractivity contribution is 7.89. The van der Waals surface area contributed by atoms with E-state index >= 15 is 0 Å². The second-order valence-electron chi connectivity index (χ2n) is 6.26.